The maximum Gasteiger partial charge on any atom is 0.304 e. The quantitative estimate of drug-likeness (QED) is 0.677. The molecule has 0 saturated carbocycles. The number of carboxylic acid groups (broad SMARTS) is 1. The molecule has 1 N–H and O–H groups in total. The van der Waals surface area contributed by atoms with E-state index in [1.54, 1.807) is 0 Å². The molecule has 1 fully saturated rings. The lowest BCUT2D eigenvalue weighted by atomic mass is 9.84. The number of hydrogen-bond acceptors (Lipinski definition) is 3. The smallest absolute Gasteiger partial charge is 0.304 e. The summed E-state index contributed by atoms with van der Waals surface area (Å²) < 4.78 is 22.3. The Bertz CT molecular complexity index is 330. The molecule has 1 unspecified atom stereocenters. The minimum atomic E-state index is -3.05. The van der Waals surface area contributed by atoms with Crippen LogP contribution in [0, 0.1) is 5.41 Å². The van der Waals surface area contributed by atoms with Gasteiger partial charge < -0.3 is 5.11 Å². The number of rotatable bonds is 3. The highest BCUT2D eigenvalue weighted by molar-refractivity contribution is 7.91. The Morgan fingerprint density at radius 1 is 1.62 bits per heavy atom. The van der Waals surface area contributed by atoms with Gasteiger partial charge in [0.25, 0.3) is 0 Å². The summed E-state index contributed by atoms with van der Waals surface area (Å²) in [4.78, 5) is 10.5. The number of carboxylic acids is 1. The normalized spacial score (nSPS) is 31.4. The summed E-state index contributed by atoms with van der Waals surface area (Å²) in [6.45, 7) is 3.51. The SMILES string of the molecule is C=CC1(CC(=O)O)CCS(=O)(=O)C1. The van der Waals surface area contributed by atoms with E-state index in [2.05, 4.69) is 6.58 Å². The fourth-order valence-corrected chi connectivity index (χ4v) is 3.72. The summed E-state index contributed by atoms with van der Waals surface area (Å²) in [5.41, 5.74) is -0.731. The molecule has 1 rings (SSSR count). The van der Waals surface area contributed by atoms with Crippen LogP contribution in [0.25, 0.3) is 0 Å². The molecule has 0 aromatic heterocycles. The number of hydrogen-bond donors (Lipinski definition) is 1. The maximum atomic E-state index is 11.1. The summed E-state index contributed by atoms with van der Waals surface area (Å²) in [5.74, 6) is -0.973. The number of carbonyl (C=O) groups is 1. The molecule has 1 aliphatic heterocycles. The molecule has 0 aromatic carbocycles. The lowest BCUT2D eigenvalue weighted by Crippen LogP contribution is -2.23. The lowest BCUT2D eigenvalue weighted by Gasteiger charge is -2.19. The third-order valence-corrected chi connectivity index (χ3v) is 4.20. The second kappa shape index (κ2) is 3.14. The Labute approximate surface area is 77.2 Å². The van der Waals surface area contributed by atoms with E-state index in [4.69, 9.17) is 5.11 Å². The summed E-state index contributed by atoms with van der Waals surface area (Å²) >= 11 is 0. The van der Waals surface area contributed by atoms with Gasteiger partial charge in [-0.3, -0.25) is 4.79 Å². The van der Waals surface area contributed by atoms with E-state index < -0.39 is 21.2 Å². The van der Waals surface area contributed by atoms with Crippen molar-refractivity contribution in [3.63, 3.8) is 0 Å². The van der Waals surface area contributed by atoms with Gasteiger partial charge in [-0.15, -0.1) is 6.58 Å². The van der Waals surface area contributed by atoms with E-state index in [0.29, 0.717) is 6.42 Å². The van der Waals surface area contributed by atoms with E-state index >= 15 is 0 Å². The van der Waals surface area contributed by atoms with Crippen molar-refractivity contribution >= 4 is 15.8 Å². The van der Waals surface area contributed by atoms with Gasteiger partial charge in [0, 0.05) is 5.41 Å². The fourth-order valence-electron chi connectivity index (χ4n) is 1.61. The van der Waals surface area contributed by atoms with E-state index in [-0.39, 0.29) is 17.9 Å². The Kier molecular flexibility index (Phi) is 2.47. The second-order valence-electron chi connectivity index (χ2n) is 3.48. The largest absolute Gasteiger partial charge is 0.481 e. The van der Waals surface area contributed by atoms with Crippen molar-refractivity contribution in [2.45, 2.75) is 12.8 Å². The van der Waals surface area contributed by atoms with Crippen molar-refractivity contribution in [1.29, 1.82) is 0 Å². The minimum Gasteiger partial charge on any atom is -0.481 e. The zero-order chi connectivity index (χ0) is 10.1. The third-order valence-electron chi connectivity index (χ3n) is 2.35. The van der Waals surface area contributed by atoms with Gasteiger partial charge in [-0.05, 0) is 6.42 Å². The predicted molar refractivity (Wildman–Crippen MR) is 48.2 cm³/mol. The molecule has 0 radical (unpaired) electrons. The van der Waals surface area contributed by atoms with Gasteiger partial charge in [-0.25, -0.2) is 8.42 Å². The molecule has 0 amide bonds. The minimum absolute atomic E-state index is 0.0736. The van der Waals surface area contributed by atoms with E-state index in [1.807, 2.05) is 0 Å². The standard InChI is InChI=1S/C8H12O4S/c1-2-8(5-7(9)10)3-4-13(11,12)6-8/h2H,1,3-6H2,(H,9,10). The van der Waals surface area contributed by atoms with Crippen molar-refractivity contribution in [1.82, 2.24) is 0 Å². The van der Waals surface area contributed by atoms with Gasteiger partial charge in [-0.2, -0.15) is 0 Å². The van der Waals surface area contributed by atoms with Crippen LogP contribution in [0.4, 0.5) is 0 Å². The highest BCUT2D eigenvalue weighted by Crippen LogP contribution is 2.36. The van der Waals surface area contributed by atoms with Gasteiger partial charge >= 0.3 is 5.97 Å². The van der Waals surface area contributed by atoms with Crippen molar-refractivity contribution in [3.05, 3.63) is 12.7 Å². The van der Waals surface area contributed by atoms with Crippen LogP contribution in [0.3, 0.4) is 0 Å². The highest BCUT2D eigenvalue weighted by atomic mass is 32.2. The molecule has 1 saturated heterocycles. The van der Waals surface area contributed by atoms with E-state index in [1.165, 1.54) is 6.08 Å². The number of sulfone groups is 1. The zero-order valence-electron chi connectivity index (χ0n) is 7.19. The van der Waals surface area contributed by atoms with Crippen molar-refractivity contribution in [2.24, 2.45) is 5.41 Å². The second-order valence-corrected chi connectivity index (χ2v) is 5.66. The molecule has 0 aromatic rings. The maximum absolute atomic E-state index is 11.1. The average molecular weight is 204 g/mol. The molecule has 0 bridgehead atoms. The fraction of sp³-hybridized carbons (Fsp3) is 0.625. The summed E-state index contributed by atoms with van der Waals surface area (Å²) in [5, 5.41) is 8.60. The molecule has 0 aliphatic carbocycles. The molecular weight excluding hydrogens is 192 g/mol. The summed E-state index contributed by atoms with van der Waals surface area (Å²) in [7, 11) is -3.05. The first-order chi connectivity index (χ1) is 5.89. The number of aliphatic carboxylic acids is 1. The predicted octanol–water partition coefficient (Wildman–Crippen LogP) is 0.452. The van der Waals surface area contributed by atoms with Crippen LogP contribution in [-0.2, 0) is 14.6 Å². The van der Waals surface area contributed by atoms with Crippen LogP contribution in [0.1, 0.15) is 12.8 Å². The zero-order valence-corrected chi connectivity index (χ0v) is 8.01. The first kappa shape index (κ1) is 10.2. The third kappa shape index (κ3) is 2.30. The van der Waals surface area contributed by atoms with Crippen LogP contribution in [-0.4, -0.2) is 31.0 Å². The van der Waals surface area contributed by atoms with E-state index in [9.17, 15) is 13.2 Å². The molecule has 13 heavy (non-hydrogen) atoms. The van der Waals surface area contributed by atoms with Crippen molar-refractivity contribution in [3.8, 4) is 0 Å². The van der Waals surface area contributed by atoms with Crippen LogP contribution < -0.4 is 0 Å². The highest BCUT2D eigenvalue weighted by Gasteiger charge is 2.41. The first-order valence-electron chi connectivity index (χ1n) is 3.95. The van der Waals surface area contributed by atoms with Gasteiger partial charge in [0.15, 0.2) is 9.84 Å². The first-order valence-corrected chi connectivity index (χ1v) is 5.77. The van der Waals surface area contributed by atoms with Crippen molar-refractivity contribution in [2.75, 3.05) is 11.5 Å². The Morgan fingerprint density at radius 2 is 2.23 bits per heavy atom. The molecular formula is C8H12O4S. The van der Waals surface area contributed by atoms with Crippen molar-refractivity contribution < 1.29 is 18.3 Å². The Balaban J connectivity index is 2.86. The molecule has 74 valence electrons. The molecule has 1 aliphatic rings. The molecule has 1 heterocycles. The lowest BCUT2D eigenvalue weighted by molar-refractivity contribution is -0.138. The van der Waals surface area contributed by atoms with Crippen LogP contribution in [0.2, 0.25) is 0 Å². The van der Waals surface area contributed by atoms with Crippen LogP contribution in [0.5, 0.6) is 0 Å². The van der Waals surface area contributed by atoms with Gasteiger partial charge in [0.2, 0.25) is 0 Å². The average Bonchev–Trinajstić information content (AvgIpc) is 2.26. The van der Waals surface area contributed by atoms with Crippen LogP contribution in [0.15, 0.2) is 12.7 Å². The Hall–Kier alpha value is -0.840. The summed E-state index contributed by atoms with van der Waals surface area (Å²) in [6, 6.07) is 0. The molecule has 4 nitrogen and oxygen atoms in total. The van der Waals surface area contributed by atoms with Crippen LogP contribution >= 0.6 is 0 Å². The molecule has 5 heteroatoms. The topological polar surface area (TPSA) is 71.4 Å². The number of allylic oxidation sites excluding steroid dienone is 1. The molecule has 1 atom stereocenters. The van der Waals surface area contributed by atoms with Gasteiger partial charge in [0.1, 0.15) is 0 Å². The van der Waals surface area contributed by atoms with E-state index in [0.717, 1.165) is 0 Å². The summed E-state index contributed by atoms with van der Waals surface area (Å²) in [6.07, 6.45) is 1.70. The van der Waals surface area contributed by atoms with Gasteiger partial charge in [0.05, 0.1) is 17.9 Å². The molecule has 0 spiro atoms. The monoisotopic (exact) mass is 204 g/mol. The van der Waals surface area contributed by atoms with Gasteiger partial charge in [-0.1, -0.05) is 6.08 Å². The Morgan fingerprint density at radius 3 is 2.54 bits per heavy atom.